The van der Waals surface area contributed by atoms with Crippen LogP contribution in [0.2, 0.25) is 0 Å². The van der Waals surface area contributed by atoms with Gasteiger partial charge in [0.2, 0.25) is 5.91 Å². The number of allylic oxidation sites excluding steroid dienone is 2. The zero-order chi connectivity index (χ0) is 28.2. The van der Waals surface area contributed by atoms with Gasteiger partial charge in [-0.1, -0.05) is 42.5 Å². The second-order valence-corrected chi connectivity index (χ2v) is 10.9. The third-order valence-corrected chi connectivity index (χ3v) is 8.24. The van der Waals surface area contributed by atoms with Gasteiger partial charge in [-0.15, -0.1) is 11.3 Å². The fraction of sp³-hybridized carbons (Fsp3) is 0.258. The van der Waals surface area contributed by atoms with Crippen molar-refractivity contribution in [1.29, 1.82) is 0 Å². The van der Waals surface area contributed by atoms with Gasteiger partial charge in [-0.25, -0.2) is 9.97 Å². The molecule has 1 saturated heterocycles. The van der Waals surface area contributed by atoms with E-state index >= 15 is 0 Å². The molecule has 0 aliphatic carbocycles. The number of aromatic nitrogens is 4. The van der Waals surface area contributed by atoms with Gasteiger partial charge in [-0.3, -0.25) is 14.7 Å². The highest BCUT2D eigenvalue weighted by Gasteiger charge is 2.21. The van der Waals surface area contributed by atoms with Crippen LogP contribution in [0.25, 0.3) is 42.9 Å². The molecule has 2 N–H and O–H groups in total. The SMILES string of the molecule is C/C=C/C(=O)CCC(=O)NCc1ccc(-c2cc3nc(-c4cccc5[nH]ncc45)nc(N4CCOCC4)c3s2)cc1. The predicted molar refractivity (Wildman–Crippen MR) is 162 cm³/mol. The van der Waals surface area contributed by atoms with E-state index in [9.17, 15) is 9.59 Å². The largest absolute Gasteiger partial charge is 0.378 e. The number of fused-ring (bicyclic) bond motifs is 2. The van der Waals surface area contributed by atoms with Crippen LogP contribution in [0.1, 0.15) is 25.3 Å². The Hall–Kier alpha value is -4.41. The van der Waals surface area contributed by atoms with Gasteiger partial charge < -0.3 is 15.0 Å². The summed E-state index contributed by atoms with van der Waals surface area (Å²) in [5, 5.41) is 11.1. The van der Waals surface area contributed by atoms with Crippen LogP contribution in [0.15, 0.2) is 66.9 Å². The van der Waals surface area contributed by atoms with Crippen LogP contribution in [-0.2, 0) is 20.9 Å². The Morgan fingerprint density at radius 2 is 1.93 bits per heavy atom. The fourth-order valence-electron chi connectivity index (χ4n) is 4.91. The van der Waals surface area contributed by atoms with Gasteiger partial charge >= 0.3 is 0 Å². The summed E-state index contributed by atoms with van der Waals surface area (Å²) in [6.07, 6.45) is 5.41. The number of H-pyrrole nitrogens is 1. The molecular weight excluding hydrogens is 536 g/mol. The lowest BCUT2D eigenvalue weighted by atomic mass is 10.1. The van der Waals surface area contributed by atoms with E-state index in [-0.39, 0.29) is 24.5 Å². The van der Waals surface area contributed by atoms with E-state index in [1.807, 2.05) is 36.5 Å². The maximum Gasteiger partial charge on any atom is 0.220 e. The number of morpholine rings is 1. The van der Waals surface area contributed by atoms with Crippen LogP contribution in [0.5, 0.6) is 0 Å². The molecule has 41 heavy (non-hydrogen) atoms. The minimum Gasteiger partial charge on any atom is -0.378 e. The first-order valence-corrected chi connectivity index (χ1v) is 14.5. The monoisotopic (exact) mass is 566 g/mol. The van der Waals surface area contributed by atoms with Crippen molar-refractivity contribution in [1.82, 2.24) is 25.5 Å². The first kappa shape index (κ1) is 26.8. The van der Waals surface area contributed by atoms with Crippen molar-refractivity contribution in [2.24, 2.45) is 0 Å². The van der Waals surface area contributed by atoms with Crippen molar-refractivity contribution >= 4 is 50.0 Å². The van der Waals surface area contributed by atoms with Gasteiger partial charge in [0.05, 0.1) is 35.1 Å². The molecule has 0 unspecified atom stereocenters. The minimum absolute atomic E-state index is 0.0394. The number of anilines is 1. The molecule has 6 rings (SSSR count). The first-order valence-electron chi connectivity index (χ1n) is 13.7. The number of ketones is 1. The topological polar surface area (TPSA) is 113 Å². The zero-order valence-corrected chi connectivity index (χ0v) is 23.5. The van der Waals surface area contributed by atoms with Crippen molar-refractivity contribution in [2.45, 2.75) is 26.3 Å². The molecule has 1 aliphatic heterocycles. The molecule has 0 radical (unpaired) electrons. The van der Waals surface area contributed by atoms with Crippen molar-refractivity contribution < 1.29 is 14.3 Å². The molecule has 0 saturated carbocycles. The summed E-state index contributed by atoms with van der Waals surface area (Å²) >= 11 is 1.68. The number of nitrogens with one attached hydrogen (secondary N) is 2. The van der Waals surface area contributed by atoms with Gasteiger partial charge in [0, 0.05) is 48.3 Å². The molecule has 0 spiro atoms. The lowest BCUT2D eigenvalue weighted by Gasteiger charge is -2.28. The molecule has 10 heteroatoms. The van der Waals surface area contributed by atoms with Gasteiger partial charge in [-0.2, -0.15) is 5.10 Å². The molecule has 0 bridgehead atoms. The third-order valence-electron chi connectivity index (χ3n) is 7.07. The number of aromatic amines is 1. The lowest BCUT2D eigenvalue weighted by Crippen LogP contribution is -2.36. The molecule has 1 fully saturated rings. The Morgan fingerprint density at radius 3 is 2.73 bits per heavy atom. The minimum atomic E-state index is -0.132. The van der Waals surface area contributed by atoms with E-state index in [0.717, 1.165) is 61.6 Å². The number of carbonyl (C=O) groups excluding carboxylic acids is 2. The van der Waals surface area contributed by atoms with Crippen LogP contribution < -0.4 is 10.2 Å². The fourth-order valence-corrected chi connectivity index (χ4v) is 6.03. The molecule has 4 heterocycles. The van der Waals surface area contributed by atoms with E-state index < -0.39 is 0 Å². The van der Waals surface area contributed by atoms with Crippen LogP contribution >= 0.6 is 11.3 Å². The summed E-state index contributed by atoms with van der Waals surface area (Å²) in [6, 6.07) is 16.3. The van der Waals surface area contributed by atoms with Crippen molar-refractivity contribution in [3.8, 4) is 21.8 Å². The van der Waals surface area contributed by atoms with Crippen molar-refractivity contribution in [3.05, 3.63) is 72.4 Å². The van der Waals surface area contributed by atoms with Crippen LogP contribution in [-0.4, -0.2) is 58.2 Å². The number of benzene rings is 2. The number of nitrogens with zero attached hydrogens (tertiary/aromatic N) is 4. The Kier molecular flexibility index (Phi) is 7.84. The van der Waals surface area contributed by atoms with E-state index in [1.54, 1.807) is 24.3 Å². The molecule has 5 aromatic rings. The predicted octanol–water partition coefficient (Wildman–Crippen LogP) is 5.28. The summed E-state index contributed by atoms with van der Waals surface area (Å²) in [5.74, 6) is 1.43. The Morgan fingerprint density at radius 1 is 1.10 bits per heavy atom. The van der Waals surface area contributed by atoms with Crippen molar-refractivity contribution in [3.63, 3.8) is 0 Å². The number of rotatable bonds is 9. The summed E-state index contributed by atoms with van der Waals surface area (Å²) < 4.78 is 6.66. The molecule has 3 aromatic heterocycles. The quantitative estimate of drug-likeness (QED) is 0.233. The van der Waals surface area contributed by atoms with E-state index in [4.69, 9.17) is 14.7 Å². The third kappa shape index (κ3) is 5.89. The number of ether oxygens (including phenoxy) is 1. The Labute approximate surface area is 241 Å². The van der Waals surface area contributed by atoms with Crippen LogP contribution in [0, 0.1) is 0 Å². The molecule has 2 aromatic carbocycles. The second-order valence-electron chi connectivity index (χ2n) is 9.87. The first-order chi connectivity index (χ1) is 20.1. The second kappa shape index (κ2) is 12.0. The lowest BCUT2D eigenvalue weighted by molar-refractivity contribution is -0.124. The van der Waals surface area contributed by atoms with Gasteiger partial charge in [0.15, 0.2) is 17.4 Å². The normalized spacial score (nSPS) is 13.8. The number of hydrogen-bond donors (Lipinski definition) is 2. The highest BCUT2D eigenvalue weighted by Crippen LogP contribution is 2.39. The maximum absolute atomic E-state index is 12.1. The van der Waals surface area contributed by atoms with E-state index in [0.29, 0.717) is 25.6 Å². The molecule has 1 aliphatic rings. The molecule has 1 amide bonds. The van der Waals surface area contributed by atoms with Gasteiger partial charge in [0.25, 0.3) is 0 Å². The summed E-state index contributed by atoms with van der Waals surface area (Å²) in [7, 11) is 0. The molecule has 9 nitrogen and oxygen atoms in total. The number of carbonyl (C=O) groups is 2. The van der Waals surface area contributed by atoms with Crippen LogP contribution in [0.3, 0.4) is 0 Å². The standard InChI is InChI=1S/C31H30N6O3S/c1-2-4-22(38)11-12-28(39)32-18-20-7-9-21(10-8-20)27-17-26-29(41-27)31(37-13-15-40-16-14-37)35-30(34-26)23-5-3-6-25-24(23)19-33-36-25/h2-10,17,19H,11-16,18H2,1H3,(H,32,39)(H,33,36)/b4-2+. The number of hydrogen-bond acceptors (Lipinski definition) is 8. The van der Waals surface area contributed by atoms with E-state index in [2.05, 4.69) is 38.6 Å². The highest BCUT2D eigenvalue weighted by molar-refractivity contribution is 7.22. The zero-order valence-electron chi connectivity index (χ0n) is 22.7. The number of thiophene rings is 1. The Bertz CT molecular complexity index is 1730. The van der Waals surface area contributed by atoms with Gasteiger partial charge in [-0.05, 0) is 36.3 Å². The van der Waals surface area contributed by atoms with Crippen molar-refractivity contribution in [2.75, 3.05) is 31.2 Å². The molecule has 208 valence electrons. The summed E-state index contributed by atoms with van der Waals surface area (Å²) in [4.78, 5) is 37.2. The van der Waals surface area contributed by atoms with E-state index in [1.165, 1.54) is 6.08 Å². The van der Waals surface area contributed by atoms with Crippen LogP contribution in [0.4, 0.5) is 5.82 Å². The smallest absolute Gasteiger partial charge is 0.220 e. The highest BCUT2D eigenvalue weighted by atomic mass is 32.1. The molecule has 0 atom stereocenters. The average Bonchev–Trinajstić information content (AvgIpc) is 3.67. The maximum atomic E-state index is 12.1. The summed E-state index contributed by atoms with van der Waals surface area (Å²) in [5.41, 5.74) is 4.86. The van der Waals surface area contributed by atoms with Gasteiger partial charge in [0.1, 0.15) is 0 Å². The Balaban J connectivity index is 1.26. The number of amides is 1. The molecular formula is C31H30N6O3S. The summed E-state index contributed by atoms with van der Waals surface area (Å²) in [6.45, 7) is 5.09. The average molecular weight is 567 g/mol.